The Bertz CT molecular complexity index is 42.9. The van der Waals surface area contributed by atoms with Crippen LogP contribution in [0.5, 0.6) is 0 Å². The summed E-state index contributed by atoms with van der Waals surface area (Å²) >= 11 is 0. The lowest BCUT2D eigenvalue weighted by atomic mass is 10.5. The van der Waals surface area contributed by atoms with Crippen LogP contribution in [0.15, 0.2) is 0 Å². The molecule has 0 saturated carbocycles. The van der Waals surface area contributed by atoms with E-state index in [1.54, 1.807) is 0 Å². The molecule has 0 fully saturated rings. The van der Waals surface area contributed by atoms with Gasteiger partial charge in [0.25, 0.3) is 0 Å². The molecule has 0 amide bonds. The molecule has 0 aliphatic heterocycles. The van der Waals surface area contributed by atoms with Crippen LogP contribution in [0.25, 0.3) is 0 Å². The van der Waals surface area contributed by atoms with Crippen molar-refractivity contribution in [1.82, 2.24) is 9.80 Å². The predicted octanol–water partition coefficient (Wildman–Crippen LogP) is 0.746. The van der Waals surface area contributed by atoms with E-state index < -0.39 is 0 Å². The molecule has 0 saturated heterocycles. The summed E-state index contributed by atoms with van der Waals surface area (Å²) in [6, 6.07) is 0. The Morgan fingerprint density at radius 1 is 0.778 bits per heavy atom. The minimum atomic E-state index is 0. The van der Waals surface area contributed by atoms with Gasteiger partial charge in [-0.1, -0.05) is 7.43 Å². The average Bonchev–Trinajstić information content (AvgIpc) is 1.61. The maximum atomic E-state index is 2.18. The van der Waals surface area contributed by atoms with Gasteiger partial charge >= 0.3 is 0 Å². The summed E-state index contributed by atoms with van der Waals surface area (Å²) in [6.45, 7) is 2.29. The molecule has 0 N–H and O–H groups in total. The van der Waals surface area contributed by atoms with Crippen molar-refractivity contribution in [1.29, 1.82) is 0 Å². The van der Waals surface area contributed by atoms with Gasteiger partial charge in [-0.15, -0.1) is 0 Å². The second-order valence-electron chi connectivity index (χ2n) is 2.61. The lowest BCUT2D eigenvalue weighted by Gasteiger charge is -2.13. The molecule has 58 valence electrons. The summed E-state index contributed by atoms with van der Waals surface area (Å²) in [5.41, 5.74) is 0. The number of hydrogen-bond acceptors (Lipinski definition) is 2. The Morgan fingerprint density at radius 3 is 1.11 bits per heavy atom. The molecule has 0 spiro atoms. The fourth-order valence-electron chi connectivity index (χ4n) is 0.400. The van der Waals surface area contributed by atoms with Crippen LogP contribution in [-0.2, 0) is 0 Å². The number of hydrogen-bond donors (Lipinski definition) is 0. The van der Waals surface area contributed by atoms with Gasteiger partial charge in [0.1, 0.15) is 0 Å². The van der Waals surface area contributed by atoms with Gasteiger partial charge in [0, 0.05) is 13.1 Å². The van der Waals surface area contributed by atoms with Gasteiger partial charge in [0.05, 0.1) is 0 Å². The van der Waals surface area contributed by atoms with Crippen LogP contribution in [0.3, 0.4) is 0 Å². The molecule has 2 heteroatoms. The van der Waals surface area contributed by atoms with Gasteiger partial charge in [-0.3, -0.25) is 0 Å². The Morgan fingerprint density at radius 2 is 1.00 bits per heavy atom. The topological polar surface area (TPSA) is 6.48 Å². The quantitative estimate of drug-likeness (QED) is 0.559. The largest absolute Gasteiger partial charge is 0.308 e. The molecule has 0 aromatic heterocycles. The van der Waals surface area contributed by atoms with E-state index in [2.05, 4.69) is 38.0 Å². The normalized spacial score (nSPS) is 10.0. The van der Waals surface area contributed by atoms with Crippen LogP contribution >= 0.6 is 0 Å². The third-order valence-corrected chi connectivity index (χ3v) is 0.994. The molecule has 0 aliphatic rings. The van der Waals surface area contributed by atoms with E-state index in [4.69, 9.17) is 0 Å². The molecule has 0 aromatic rings. The highest BCUT2D eigenvalue weighted by molar-refractivity contribution is 4.45. The zero-order valence-corrected chi connectivity index (χ0v) is 6.31. The van der Waals surface area contributed by atoms with Crippen molar-refractivity contribution >= 4 is 0 Å². The molecule has 0 bridgehead atoms. The molecule has 0 aromatic carbocycles. The second-order valence-corrected chi connectivity index (χ2v) is 2.61. The van der Waals surface area contributed by atoms with Crippen molar-refractivity contribution in [3.63, 3.8) is 0 Å². The highest BCUT2D eigenvalue weighted by Gasteiger charge is 1.89. The molecule has 9 heavy (non-hydrogen) atoms. The zero-order chi connectivity index (χ0) is 6.57. The fourth-order valence-corrected chi connectivity index (χ4v) is 0.400. The third kappa shape index (κ3) is 11.5. The molecule has 2 nitrogen and oxygen atoms in total. The highest BCUT2D eigenvalue weighted by Crippen LogP contribution is 1.76. The first-order chi connectivity index (χ1) is 3.63. The fraction of sp³-hybridized carbons (Fsp3) is 1.00. The third-order valence-electron chi connectivity index (χ3n) is 0.994. The van der Waals surface area contributed by atoms with Gasteiger partial charge in [-0.25, -0.2) is 0 Å². The first-order valence-electron chi connectivity index (χ1n) is 2.92. The minimum absolute atomic E-state index is 0. The van der Waals surface area contributed by atoms with Crippen molar-refractivity contribution in [3.8, 4) is 0 Å². The Kier molecular flexibility index (Phi) is 7.85. The average molecular weight is 132 g/mol. The summed E-state index contributed by atoms with van der Waals surface area (Å²) in [5, 5.41) is 0. The van der Waals surface area contributed by atoms with Crippen LogP contribution in [0.2, 0.25) is 0 Å². The van der Waals surface area contributed by atoms with E-state index in [0.29, 0.717) is 0 Å². The van der Waals surface area contributed by atoms with E-state index in [1.165, 1.54) is 0 Å². The monoisotopic (exact) mass is 132 g/mol. The van der Waals surface area contributed by atoms with E-state index in [0.717, 1.165) is 13.1 Å². The summed E-state index contributed by atoms with van der Waals surface area (Å²) in [6.07, 6.45) is 0. The standard InChI is InChI=1S/C6H16N2.CH4/c1-7(2)5-6-8(3)4;/h5-6H2,1-4H3;1H4. The van der Waals surface area contributed by atoms with E-state index in [-0.39, 0.29) is 7.43 Å². The van der Waals surface area contributed by atoms with Crippen molar-refractivity contribution in [3.05, 3.63) is 0 Å². The summed E-state index contributed by atoms with van der Waals surface area (Å²) in [7, 11) is 8.35. The molecule has 0 rings (SSSR count). The maximum Gasteiger partial charge on any atom is 0.0103 e. The van der Waals surface area contributed by atoms with Gasteiger partial charge in [0.2, 0.25) is 0 Å². The Hall–Kier alpha value is -0.0800. The summed E-state index contributed by atoms with van der Waals surface area (Å²) < 4.78 is 0. The van der Waals surface area contributed by atoms with Crippen LogP contribution in [0, 0.1) is 0 Å². The maximum absolute atomic E-state index is 2.18. The molecule has 0 unspecified atom stereocenters. The van der Waals surface area contributed by atoms with Crippen LogP contribution in [-0.4, -0.2) is 51.1 Å². The van der Waals surface area contributed by atoms with E-state index >= 15 is 0 Å². The van der Waals surface area contributed by atoms with Gasteiger partial charge in [0.15, 0.2) is 0 Å². The summed E-state index contributed by atoms with van der Waals surface area (Å²) in [4.78, 5) is 4.36. The molecule has 0 heterocycles. The number of likely N-dealkylation sites (N-methyl/N-ethyl adjacent to an activating group) is 2. The minimum Gasteiger partial charge on any atom is -0.308 e. The lowest BCUT2D eigenvalue weighted by molar-refractivity contribution is 0.320. The molecular weight excluding hydrogens is 112 g/mol. The lowest BCUT2D eigenvalue weighted by Crippen LogP contribution is -2.25. The first kappa shape index (κ1) is 11.7. The molecule has 0 atom stereocenters. The zero-order valence-electron chi connectivity index (χ0n) is 6.31. The number of rotatable bonds is 3. The number of nitrogens with zero attached hydrogens (tertiary/aromatic N) is 2. The van der Waals surface area contributed by atoms with Gasteiger partial charge in [-0.05, 0) is 28.2 Å². The predicted molar refractivity (Wildman–Crippen MR) is 43.8 cm³/mol. The van der Waals surface area contributed by atoms with Crippen molar-refractivity contribution in [2.75, 3.05) is 41.3 Å². The van der Waals surface area contributed by atoms with Crippen LogP contribution in [0.4, 0.5) is 0 Å². The van der Waals surface area contributed by atoms with Crippen LogP contribution in [0.1, 0.15) is 7.43 Å². The van der Waals surface area contributed by atoms with Crippen molar-refractivity contribution in [2.45, 2.75) is 7.43 Å². The van der Waals surface area contributed by atoms with E-state index in [1.807, 2.05) is 0 Å². The highest BCUT2D eigenvalue weighted by atomic mass is 15.1. The van der Waals surface area contributed by atoms with Gasteiger partial charge in [-0.2, -0.15) is 0 Å². The summed E-state index contributed by atoms with van der Waals surface area (Å²) in [5.74, 6) is 0. The van der Waals surface area contributed by atoms with Crippen LogP contribution < -0.4 is 0 Å². The molecular formula is C7H20N2. The van der Waals surface area contributed by atoms with Crippen molar-refractivity contribution in [2.24, 2.45) is 0 Å². The smallest absolute Gasteiger partial charge is 0.0103 e. The first-order valence-corrected chi connectivity index (χ1v) is 2.92. The Balaban J connectivity index is 0. The Labute approximate surface area is 59.5 Å². The molecule has 0 aliphatic carbocycles. The van der Waals surface area contributed by atoms with Gasteiger partial charge < -0.3 is 9.80 Å². The van der Waals surface area contributed by atoms with Crippen molar-refractivity contribution < 1.29 is 0 Å². The SMILES string of the molecule is C.CN(C)CCN(C)C. The molecule has 0 radical (unpaired) electrons. The van der Waals surface area contributed by atoms with E-state index in [9.17, 15) is 0 Å². The second kappa shape index (κ2) is 6.05.